The molecule has 0 aliphatic carbocycles. The molecule has 1 fully saturated rings. The van der Waals surface area contributed by atoms with Crippen LogP contribution in [0.3, 0.4) is 0 Å². The molecule has 1 aliphatic heterocycles. The highest BCUT2D eigenvalue weighted by atomic mass is 35.5. The van der Waals surface area contributed by atoms with E-state index in [2.05, 4.69) is 53.1 Å². The Bertz CT molecular complexity index is 1020. The van der Waals surface area contributed by atoms with Gasteiger partial charge in [0.15, 0.2) is 0 Å². The molecule has 1 unspecified atom stereocenters. The molecular weight excluding hydrogens is 432 g/mol. The number of aryl methyl sites for hydroxylation is 1. The minimum Gasteiger partial charge on any atom is -0.496 e. The van der Waals surface area contributed by atoms with Crippen molar-refractivity contribution in [2.45, 2.75) is 26.0 Å². The Kier molecular flexibility index (Phi) is 8.27. The van der Waals surface area contributed by atoms with Gasteiger partial charge < -0.3 is 14.4 Å². The van der Waals surface area contributed by atoms with Gasteiger partial charge in [-0.05, 0) is 36.2 Å². The van der Waals surface area contributed by atoms with E-state index in [1.54, 1.807) is 7.11 Å². The second kappa shape index (κ2) is 11.6. The van der Waals surface area contributed by atoms with Crippen molar-refractivity contribution in [1.29, 1.82) is 0 Å². The molecule has 4 rings (SSSR count). The van der Waals surface area contributed by atoms with E-state index in [9.17, 15) is 0 Å². The number of para-hydroxylation sites is 1. The zero-order chi connectivity index (χ0) is 23.0. The summed E-state index contributed by atoms with van der Waals surface area (Å²) in [5, 5.41) is 0.634. The molecule has 0 N–H and O–H groups in total. The molecule has 0 radical (unpaired) electrons. The van der Waals surface area contributed by atoms with Gasteiger partial charge in [0.05, 0.1) is 12.1 Å². The molecule has 0 bridgehead atoms. The maximum absolute atomic E-state index is 6.50. The first-order valence-electron chi connectivity index (χ1n) is 11.7. The topological polar surface area (TPSA) is 24.9 Å². The predicted octanol–water partition coefficient (Wildman–Crippen LogP) is 5.99. The highest BCUT2D eigenvalue weighted by Gasteiger charge is 2.22. The number of halogens is 1. The molecule has 4 nitrogen and oxygen atoms in total. The minimum atomic E-state index is -0.136. The summed E-state index contributed by atoms with van der Waals surface area (Å²) in [7, 11) is 1.71. The first kappa shape index (κ1) is 23.6. The summed E-state index contributed by atoms with van der Waals surface area (Å²) >= 11 is 6.46. The van der Waals surface area contributed by atoms with Crippen LogP contribution in [0.1, 0.15) is 29.2 Å². The fourth-order valence-corrected chi connectivity index (χ4v) is 4.54. The molecule has 33 heavy (non-hydrogen) atoms. The smallest absolute Gasteiger partial charge is 0.139 e. The van der Waals surface area contributed by atoms with Crippen molar-refractivity contribution in [3.8, 4) is 11.5 Å². The largest absolute Gasteiger partial charge is 0.496 e. The molecule has 1 heterocycles. The van der Waals surface area contributed by atoms with Gasteiger partial charge in [0.1, 0.15) is 17.6 Å². The monoisotopic (exact) mass is 464 g/mol. The van der Waals surface area contributed by atoms with Crippen LogP contribution >= 0.6 is 11.6 Å². The third kappa shape index (κ3) is 6.50. The number of rotatable bonds is 9. The van der Waals surface area contributed by atoms with Gasteiger partial charge in [-0.2, -0.15) is 0 Å². The van der Waals surface area contributed by atoms with E-state index in [0.717, 1.165) is 68.3 Å². The number of nitrogens with zero attached hydrogens (tertiary/aromatic N) is 2. The highest BCUT2D eigenvalue weighted by molar-refractivity contribution is 6.32. The van der Waals surface area contributed by atoms with Gasteiger partial charge in [-0.3, -0.25) is 4.90 Å². The molecule has 3 aromatic carbocycles. The quantitative estimate of drug-likeness (QED) is 0.388. The molecule has 0 amide bonds. The van der Waals surface area contributed by atoms with Crippen molar-refractivity contribution in [3.63, 3.8) is 0 Å². The van der Waals surface area contributed by atoms with E-state index in [0.29, 0.717) is 5.02 Å². The number of hydrogen-bond acceptors (Lipinski definition) is 4. The lowest BCUT2D eigenvalue weighted by Gasteiger charge is -2.35. The van der Waals surface area contributed by atoms with Gasteiger partial charge in [0, 0.05) is 51.3 Å². The van der Waals surface area contributed by atoms with E-state index in [1.807, 2.05) is 36.4 Å². The van der Waals surface area contributed by atoms with E-state index < -0.39 is 0 Å². The predicted molar refractivity (Wildman–Crippen MR) is 135 cm³/mol. The normalized spacial score (nSPS) is 15.8. The van der Waals surface area contributed by atoms with Gasteiger partial charge in [0.25, 0.3) is 0 Å². The lowest BCUT2D eigenvalue weighted by Crippen LogP contribution is -2.46. The van der Waals surface area contributed by atoms with Gasteiger partial charge in [-0.15, -0.1) is 0 Å². The maximum Gasteiger partial charge on any atom is 0.139 e. The molecule has 0 saturated carbocycles. The van der Waals surface area contributed by atoms with Crippen LogP contribution in [-0.2, 0) is 6.54 Å². The second-order valence-electron chi connectivity index (χ2n) is 8.67. The van der Waals surface area contributed by atoms with Crippen LogP contribution < -0.4 is 9.47 Å². The second-order valence-corrected chi connectivity index (χ2v) is 9.08. The van der Waals surface area contributed by atoms with Crippen LogP contribution in [0.5, 0.6) is 11.5 Å². The van der Waals surface area contributed by atoms with E-state index in [-0.39, 0.29) is 6.10 Å². The van der Waals surface area contributed by atoms with Gasteiger partial charge in [-0.25, -0.2) is 0 Å². The summed E-state index contributed by atoms with van der Waals surface area (Å²) in [5.74, 6) is 1.57. The summed E-state index contributed by atoms with van der Waals surface area (Å²) in [4.78, 5) is 5.07. The van der Waals surface area contributed by atoms with Crippen molar-refractivity contribution in [2.24, 2.45) is 0 Å². The Morgan fingerprint density at radius 3 is 2.30 bits per heavy atom. The minimum absolute atomic E-state index is 0.136. The molecule has 1 atom stereocenters. The van der Waals surface area contributed by atoms with Gasteiger partial charge in [-0.1, -0.05) is 66.2 Å². The van der Waals surface area contributed by atoms with Crippen molar-refractivity contribution in [3.05, 3.63) is 94.5 Å². The molecule has 5 heteroatoms. The SMILES string of the molecule is COc1ccccc1C(CCN1CCN(Cc2ccccc2)CC1)Oc1cc(C)ccc1Cl. The van der Waals surface area contributed by atoms with Crippen molar-refractivity contribution >= 4 is 11.6 Å². The van der Waals surface area contributed by atoms with E-state index in [4.69, 9.17) is 21.1 Å². The number of benzene rings is 3. The number of hydrogen-bond donors (Lipinski definition) is 0. The first-order chi connectivity index (χ1) is 16.1. The third-order valence-corrected chi connectivity index (χ3v) is 6.58. The average molecular weight is 465 g/mol. The fourth-order valence-electron chi connectivity index (χ4n) is 4.38. The van der Waals surface area contributed by atoms with Crippen LogP contribution in [0.2, 0.25) is 5.02 Å². The van der Waals surface area contributed by atoms with Crippen LogP contribution in [0.4, 0.5) is 0 Å². The Labute approximate surface area is 202 Å². The van der Waals surface area contributed by atoms with Gasteiger partial charge in [0.2, 0.25) is 0 Å². The zero-order valence-corrected chi connectivity index (χ0v) is 20.3. The lowest BCUT2D eigenvalue weighted by molar-refractivity contribution is 0.106. The first-order valence-corrected chi connectivity index (χ1v) is 12.0. The zero-order valence-electron chi connectivity index (χ0n) is 19.5. The Hall–Kier alpha value is -2.53. The van der Waals surface area contributed by atoms with E-state index in [1.165, 1.54) is 5.56 Å². The molecule has 0 spiro atoms. The summed E-state index contributed by atoms with van der Waals surface area (Å²) in [6.45, 7) is 8.33. The van der Waals surface area contributed by atoms with E-state index >= 15 is 0 Å². The molecule has 0 aromatic heterocycles. The van der Waals surface area contributed by atoms with Crippen molar-refractivity contribution < 1.29 is 9.47 Å². The Morgan fingerprint density at radius 1 is 0.848 bits per heavy atom. The molecule has 3 aromatic rings. The Morgan fingerprint density at radius 2 is 1.55 bits per heavy atom. The third-order valence-electron chi connectivity index (χ3n) is 6.26. The Balaban J connectivity index is 1.40. The summed E-state index contributed by atoms with van der Waals surface area (Å²) in [5.41, 5.74) is 3.56. The molecule has 1 aliphatic rings. The molecule has 174 valence electrons. The average Bonchev–Trinajstić information content (AvgIpc) is 2.85. The summed E-state index contributed by atoms with van der Waals surface area (Å²) in [6.07, 6.45) is 0.728. The molecular formula is C28H33ClN2O2. The highest BCUT2D eigenvalue weighted by Crippen LogP contribution is 2.35. The summed E-state index contributed by atoms with van der Waals surface area (Å²) < 4.78 is 12.1. The molecule has 1 saturated heterocycles. The number of methoxy groups -OCH3 is 1. The number of piperazine rings is 1. The lowest BCUT2D eigenvalue weighted by atomic mass is 10.0. The number of ether oxygens (including phenoxy) is 2. The fraction of sp³-hybridized carbons (Fsp3) is 0.357. The standard InChI is InChI=1S/C28H33ClN2O2/c1-22-12-13-25(29)28(20-22)33-27(24-10-6-7-11-26(24)32-2)14-15-30-16-18-31(19-17-30)21-23-8-4-3-5-9-23/h3-13,20,27H,14-19,21H2,1-2H3. The van der Waals surface area contributed by atoms with Crippen molar-refractivity contribution in [1.82, 2.24) is 9.80 Å². The van der Waals surface area contributed by atoms with Crippen LogP contribution in [0, 0.1) is 6.92 Å². The van der Waals surface area contributed by atoms with Crippen LogP contribution in [0.15, 0.2) is 72.8 Å². The summed E-state index contributed by atoms with van der Waals surface area (Å²) in [6, 6.07) is 24.7. The van der Waals surface area contributed by atoms with Crippen LogP contribution in [0.25, 0.3) is 0 Å². The van der Waals surface area contributed by atoms with Crippen molar-refractivity contribution in [2.75, 3.05) is 39.8 Å². The maximum atomic E-state index is 6.50. The van der Waals surface area contributed by atoms with Crippen LogP contribution in [-0.4, -0.2) is 49.6 Å². The van der Waals surface area contributed by atoms with Gasteiger partial charge >= 0.3 is 0 Å².